The van der Waals surface area contributed by atoms with Gasteiger partial charge in [0.25, 0.3) is 0 Å². The number of benzene rings is 2. The number of aromatic hydroxyl groups is 2. The zero-order chi connectivity index (χ0) is 10.6. The Kier molecular flexibility index (Phi) is 3.35. The fourth-order valence-corrected chi connectivity index (χ4v) is 1.25. The van der Waals surface area contributed by atoms with Crippen molar-refractivity contribution in [3.05, 3.63) is 36.4 Å². The molecule has 0 saturated carbocycles. The van der Waals surface area contributed by atoms with Crippen LogP contribution in [0.3, 0.4) is 0 Å². The minimum absolute atomic E-state index is 0.216. The van der Waals surface area contributed by atoms with E-state index in [4.69, 9.17) is 5.11 Å². The summed E-state index contributed by atoms with van der Waals surface area (Å²) in [5.41, 5.74) is 0. The number of rotatable bonds is 0. The van der Waals surface area contributed by atoms with Gasteiger partial charge in [-0.25, -0.2) is 0 Å². The van der Waals surface area contributed by atoms with Gasteiger partial charge in [-0.3, -0.25) is 0 Å². The minimum Gasteiger partial charge on any atom is -0.508 e. The molecule has 74 valence electrons. The van der Waals surface area contributed by atoms with Crippen LogP contribution >= 0.6 is 0 Å². The first-order chi connectivity index (χ1) is 6.77. The molecule has 2 aromatic carbocycles. The van der Waals surface area contributed by atoms with Gasteiger partial charge in [0.2, 0.25) is 0 Å². The highest BCUT2D eigenvalue weighted by Crippen LogP contribution is 2.26. The lowest BCUT2D eigenvalue weighted by atomic mass is 10.1. The molecule has 14 heavy (non-hydrogen) atoms. The van der Waals surface area contributed by atoms with Crippen molar-refractivity contribution in [2.45, 2.75) is 13.8 Å². The highest BCUT2D eigenvalue weighted by molar-refractivity contribution is 5.88. The first-order valence-electron chi connectivity index (χ1n) is 4.68. The Morgan fingerprint density at radius 1 is 0.929 bits per heavy atom. The summed E-state index contributed by atoms with van der Waals surface area (Å²) in [6.45, 7) is 4.00. The molecule has 0 aliphatic rings. The van der Waals surface area contributed by atoms with Crippen molar-refractivity contribution in [3.8, 4) is 11.5 Å². The minimum atomic E-state index is 0.216. The van der Waals surface area contributed by atoms with E-state index < -0.39 is 0 Å². The van der Waals surface area contributed by atoms with Crippen LogP contribution in [-0.4, -0.2) is 10.2 Å². The molecule has 0 unspecified atom stereocenters. The molecule has 0 heterocycles. The second-order valence-corrected chi connectivity index (χ2v) is 2.68. The van der Waals surface area contributed by atoms with Crippen LogP contribution in [-0.2, 0) is 0 Å². The molecule has 0 aliphatic carbocycles. The lowest BCUT2D eigenvalue weighted by molar-refractivity contribution is 0.475. The zero-order valence-corrected chi connectivity index (χ0v) is 8.36. The molecule has 2 N–H and O–H groups in total. The van der Waals surface area contributed by atoms with Crippen molar-refractivity contribution >= 4 is 10.8 Å². The Labute approximate surface area is 83.4 Å². The first kappa shape index (κ1) is 10.4. The summed E-state index contributed by atoms with van der Waals surface area (Å²) in [7, 11) is 0. The van der Waals surface area contributed by atoms with E-state index in [-0.39, 0.29) is 11.5 Å². The molecule has 0 amide bonds. The van der Waals surface area contributed by atoms with Crippen LogP contribution in [0.25, 0.3) is 10.8 Å². The third-order valence-electron chi connectivity index (χ3n) is 1.84. The van der Waals surface area contributed by atoms with Crippen molar-refractivity contribution in [1.29, 1.82) is 0 Å². The number of phenolic OH excluding ortho intramolecular Hbond substituents is 2. The third kappa shape index (κ3) is 1.96. The van der Waals surface area contributed by atoms with Crippen molar-refractivity contribution in [2.75, 3.05) is 0 Å². The van der Waals surface area contributed by atoms with Crippen molar-refractivity contribution in [3.63, 3.8) is 0 Å². The van der Waals surface area contributed by atoms with Crippen LogP contribution in [0.15, 0.2) is 36.4 Å². The van der Waals surface area contributed by atoms with Crippen LogP contribution in [0.2, 0.25) is 0 Å². The van der Waals surface area contributed by atoms with Crippen molar-refractivity contribution in [2.24, 2.45) is 0 Å². The number of fused-ring (bicyclic) bond motifs is 1. The van der Waals surface area contributed by atoms with Crippen LogP contribution in [0, 0.1) is 0 Å². The SMILES string of the molecule is CC.Oc1ccc2c(O)cccc2c1. The molecule has 2 aromatic rings. The Balaban J connectivity index is 0.000000461. The molecule has 2 heteroatoms. The zero-order valence-electron chi connectivity index (χ0n) is 8.36. The summed E-state index contributed by atoms with van der Waals surface area (Å²) >= 11 is 0. The van der Waals surface area contributed by atoms with E-state index in [1.807, 2.05) is 19.9 Å². The van der Waals surface area contributed by atoms with E-state index >= 15 is 0 Å². The summed E-state index contributed by atoms with van der Waals surface area (Å²) in [4.78, 5) is 0. The van der Waals surface area contributed by atoms with E-state index in [1.165, 1.54) is 0 Å². The maximum Gasteiger partial charge on any atom is 0.123 e. The lowest BCUT2D eigenvalue weighted by Gasteiger charge is -1.99. The van der Waals surface area contributed by atoms with Crippen molar-refractivity contribution in [1.82, 2.24) is 0 Å². The van der Waals surface area contributed by atoms with E-state index in [9.17, 15) is 5.11 Å². The summed E-state index contributed by atoms with van der Waals surface area (Å²) < 4.78 is 0. The largest absolute Gasteiger partial charge is 0.508 e. The van der Waals surface area contributed by atoms with Gasteiger partial charge in [-0.15, -0.1) is 0 Å². The van der Waals surface area contributed by atoms with Gasteiger partial charge in [0.15, 0.2) is 0 Å². The predicted octanol–water partition coefficient (Wildman–Crippen LogP) is 3.28. The standard InChI is InChI=1S/C10H8O2.C2H6/c11-8-4-5-9-7(6-8)2-1-3-10(9)12;1-2/h1-6,11-12H;1-2H3. The molecule has 0 bridgehead atoms. The van der Waals surface area contributed by atoms with E-state index in [2.05, 4.69) is 0 Å². The van der Waals surface area contributed by atoms with E-state index in [1.54, 1.807) is 30.3 Å². The molecule has 0 spiro atoms. The Hall–Kier alpha value is -1.70. The molecule has 0 saturated heterocycles. The van der Waals surface area contributed by atoms with Crippen molar-refractivity contribution < 1.29 is 10.2 Å². The van der Waals surface area contributed by atoms with Gasteiger partial charge >= 0.3 is 0 Å². The van der Waals surface area contributed by atoms with E-state index in [0.29, 0.717) is 0 Å². The smallest absolute Gasteiger partial charge is 0.123 e. The Morgan fingerprint density at radius 2 is 1.64 bits per heavy atom. The molecule has 0 fully saturated rings. The lowest BCUT2D eigenvalue weighted by Crippen LogP contribution is -1.72. The highest BCUT2D eigenvalue weighted by atomic mass is 16.3. The van der Waals surface area contributed by atoms with Crippen LogP contribution in [0.4, 0.5) is 0 Å². The van der Waals surface area contributed by atoms with Gasteiger partial charge < -0.3 is 10.2 Å². The van der Waals surface area contributed by atoms with Gasteiger partial charge in [-0.2, -0.15) is 0 Å². The second kappa shape index (κ2) is 4.51. The fraction of sp³-hybridized carbons (Fsp3) is 0.167. The molecule has 0 aromatic heterocycles. The predicted molar refractivity (Wildman–Crippen MR) is 58.6 cm³/mol. The number of phenols is 2. The quantitative estimate of drug-likeness (QED) is 0.669. The molecule has 2 nitrogen and oxygen atoms in total. The molecule has 0 aliphatic heterocycles. The van der Waals surface area contributed by atoms with Gasteiger partial charge in [-0.1, -0.05) is 26.0 Å². The normalized spacial score (nSPS) is 9.29. The molecule has 0 atom stereocenters. The number of hydrogen-bond donors (Lipinski definition) is 2. The molecule has 2 rings (SSSR count). The van der Waals surface area contributed by atoms with E-state index in [0.717, 1.165) is 10.8 Å². The van der Waals surface area contributed by atoms with Crippen LogP contribution < -0.4 is 0 Å². The second-order valence-electron chi connectivity index (χ2n) is 2.68. The third-order valence-corrected chi connectivity index (χ3v) is 1.84. The summed E-state index contributed by atoms with van der Waals surface area (Å²) in [5.74, 6) is 0.459. The topological polar surface area (TPSA) is 40.5 Å². The molecular formula is C12H14O2. The Bertz CT molecular complexity index is 422. The summed E-state index contributed by atoms with van der Waals surface area (Å²) in [5, 5.41) is 20.1. The van der Waals surface area contributed by atoms with Crippen LogP contribution in [0.5, 0.6) is 11.5 Å². The molecular weight excluding hydrogens is 176 g/mol. The monoisotopic (exact) mass is 190 g/mol. The van der Waals surface area contributed by atoms with Gasteiger partial charge in [0.05, 0.1) is 0 Å². The highest BCUT2D eigenvalue weighted by Gasteiger charge is 1.98. The van der Waals surface area contributed by atoms with Crippen LogP contribution in [0.1, 0.15) is 13.8 Å². The molecule has 0 radical (unpaired) electrons. The van der Waals surface area contributed by atoms with Gasteiger partial charge in [0, 0.05) is 5.39 Å². The average Bonchev–Trinajstić information content (AvgIpc) is 2.21. The summed E-state index contributed by atoms with van der Waals surface area (Å²) in [6, 6.07) is 10.1. The maximum atomic E-state index is 9.38. The first-order valence-corrected chi connectivity index (χ1v) is 4.68. The Morgan fingerprint density at radius 3 is 2.36 bits per heavy atom. The number of hydrogen-bond acceptors (Lipinski definition) is 2. The average molecular weight is 190 g/mol. The summed E-state index contributed by atoms with van der Waals surface area (Å²) in [6.07, 6.45) is 0. The maximum absolute atomic E-state index is 9.38. The van der Waals surface area contributed by atoms with Gasteiger partial charge in [-0.05, 0) is 29.7 Å². The fourth-order valence-electron chi connectivity index (χ4n) is 1.25. The van der Waals surface area contributed by atoms with Gasteiger partial charge in [0.1, 0.15) is 11.5 Å².